The molecule has 10 heteroatoms. The van der Waals surface area contributed by atoms with Gasteiger partial charge in [-0.15, -0.1) is 0 Å². The Morgan fingerprint density at radius 3 is 2.55 bits per heavy atom. The molecule has 1 saturated heterocycles. The van der Waals surface area contributed by atoms with E-state index in [1.165, 1.54) is 23.5 Å². The standard InChI is InChI=1S/C23H25ClN4O4S/c1-32-20-5-7-21(8-6-20)33(30,31)27-13-10-18(11-14-27)23(29)26-22-9-12-25-28(22)16-17-3-2-4-19(24)15-17/h2-9,12,15,18H,10-11,13-14,16H2,1H3,(H,26,29). The molecule has 0 unspecified atom stereocenters. The van der Waals surface area contributed by atoms with E-state index in [4.69, 9.17) is 16.3 Å². The zero-order chi connectivity index (χ0) is 23.4. The second-order valence-corrected chi connectivity index (χ2v) is 10.2. The molecule has 33 heavy (non-hydrogen) atoms. The highest BCUT2D eigenvalue weighted by atomic mass is 35.5. The van der Waals surface area contributed by atoms with Crippen molar-refractivity contribution in [3.63, 3.8) is 0 Å². The van der Waals surface area contributed by atoms with Gasteiger partial charge in [-0.2, -0.15) is 9.40 Å². The molecule has 8 nitrogen and oxygen atoms in total. The molecular formula is C23H25ClN4O4S. The van der Waals surface area contributed by atoms with Crippen molar-refractivity contribution in [3.05, 3.63) is 71.4 Å². The van der Waals surface area contributed by atoms with Gasteiger partial charge in [0.25, 0.3) is 0 Å². The zero-order valence-corrected chi connectivity index (χ0v) is 19.7. The van der Waals surface area contributed by atoms with Gasteiger partial charge in [0, 0.05) is 30.1 Å². The third-order valence-corrected chi connectivity index (χ3v) is 7.86. The second-order valence-electron chi connectivity index (χ2n) is 7.85. The van der Waals surface area contributed by atoms with Gasteiger partial charge in [0.2, 0.25) is 15.9 Å². The summed E-state index contributed by atoms with van der Waals surface area (Å²) in [6.07, 6.45) is 2.53. The first-order chi connectivity index (χ1) is 15.9. The van der Waals surface area contributed by atoms with Crippen molar-refractivity contribution in [2.75, 3.05) is 25.5 Å². The highest BCUT2D eigenvalue weighted by molar-refractivity contribution is 7.89. The molecule has 0 radical (unpaired) electrons. The van der Waals surface area contributed by atoms with Crippen LogP contribution < -0.4 is 10.1 Å². The molecule has 1 aromatic heterocycles. The number of hydrogen-bond donors (Lipinski definition) is 1. The molecule has 1 fully saturated rings. The molecule has 3 aromatic rings. The number of sulfonamides is 1. The lowest BCUT2D eigenvalue weighted by atomic mass is 9.97. The molecule has 1 aliphatic rings. The Balaban J connectivity index is 1.36. The number of rotatable bonds is 7. The zero-order valence-electron chi connectivity index (χ0n) is 18.1. The van der Waals surface area contributed by atoms with Crippen LogP contribution in [0.15, 0.2) is 65.7 Å². The second kappa shape index (κ2) is 9.94. The topological polar surface area (TPSA) is 93.5 Å². The number of piperidine rings is 1. The van der Waals surface area contributed by atoms with Crippen molar-refractivity contribution < 1.29 is 17.9 Å². The van der Waals surface area contributed by atoms with E-state index >= 15 is 0 Å². The van der Waals surface area contributed by atoms with Gasteiger partial charge in [0.1, 0.15) is 11.6 Å². The van der Waals surface area contributed by atoms with Crippen LogP contribution in [0.5, 0.6) is 5.75 Å². The summed E-state index contributed by atoms with van der Waals surface area (Å²) in [6, 6.07) is 15.5. The van der Waals surface area contributed by atoms with Crippen molar-refractivity contribution in [2.24, 2.45) is 5.92 Å². The molecule has 1 N–H and O–H groups in total. The Morgan fingerprint density at radius 1 is 1.15 bits per heavy atom. The summed E-state index contributed by atoms with van der Waals surface area (Å²) in [5, 5.41) is 7.87. The van der Waals surface area contributed by atoms with E-state index in [1.54, 1.807) is 35.1 Å². The molecule has 0 atom stereocenters. The van der Waals surface area contributed by atoms with E-state index in [0.29, 0.717) is 36.0 Å². The summed E-state index contributed by atoms with van der Waals surface area (Å²) in [4.78, 5) is 13.1. The molecule has 0 bridgehead atoms. The number of anilines is 1. The molecule has 2 heterocycles. The van der Waals surface area contributed by atoms with E-state index in [1.807, 2.05) is 18.2 Å². The third kappa shape index (κ3) is 5.38. The van der Waals surface area contributed by atoms with Crippen LogP contribution in [-0.4, -0.2) is 48.6 Å². The van der Waals surface area contributed by atoms with Crippen LogP contribution in [0.2, 0.25) is 5.02 Å². The SMILES string of the molecule is COc1ccc(S(=O)(=O)N2CCC(C(=O)Nc3ccnn3Cc3cccc(Cl)c3)CC2)cc1. The largest absolute Gasteiger partial charge is 0.497 e. The fourth-order valence-electron chi connectivity index (χ4n) is 3.86. The van der Waals surface area contributed by atoms with Crippen LogP contribution in [0, 0.1) is 5.92 Å². The average Bonchev–Trinajstić information content (AvgIpc) is 3.25. The van der Waals surface area contributed by atoms with Gasteiger partial charge in [-0.3, -0.25) is 4.79 Å². The number of amides is 1. The predicted molar refractivity (Wildman–Crippen MR) is 126 cm³/mol. The van der Waals surface area contributed by atoms with E-state index in [-0.39, 0.29) is 29.8 Å². The average molecular weight is 489 g/mol. The quantitative estimate of drug-likeness (QED) is 0.548. The van der Waals surface area contributed by atoms with Gasteiger partial charge >= 0.3 is 0 Å². The van der Waals surface area contributed by atoms with Gasteiger partial charge in [0.05, 0.1) is 24.7 Å². The van der Waals surface area contributed by atoms with Crippen molar-refractivity contribution in [1.82, 2.24) is 14.1 Å². The molecule has 4 rings (SSSR count). The van der Waals surface area contributed by atoms with Gasteiger partial charge in [-0.1, -0.05) is 23.7 Å². The number of carbonyl (C=O) groups is 1. The van der Waals surface area contributed by atoms with Gasteiger partial charge < -0.3 is 10.1 Å². The lowest BCUT2D eigenvalue weighted by molar-refractivity contribution is -0.121. The summed E-state index contributed by atoms with van der Waals surface area (Å²) in [6.45, 7) is 1.05. The van der Waals surface area contributed by atoms with Crippen LogP contribution in [0.1, 0.15) is 18.4 Å². The Morgan fingerprint density at radius 2 is 1.88 bits per heavy atom. The van der Waals surface area contributed by atoms with Crippen LogP contribution in [0.4, 0.5) is 5.82 Å². The number of carbonyl (C=O) groups excluding carboxylic acids is 1. The molecule has 1 amide bonds. The van der Waals surface area contributed by atoms with E-state index in [0.717, 1.165) is 5.56 Å². The number of benzene rings is 2. The normalized spacial score (nSPS) is 15.3. The minimum Gasteiger partial charge on any atom is -0.497 e. The lowest BCUT2D eigenvalue weighted by Crippen LogP contribution is -2.41. The first-order valence-electron chi connectivity index (χ1n) is 10.6. The number of hydrogen-bond acceptors (Lipinski definition) is 5. The van der Waals surface area contributed by atoms with Crippen LogP contribution in [-0.2, 0) is 21.4 Å². The first kappa shape index (κ1) is 23.3. The predicted octanol–water partition coefficient (Wildman–Crippen LogP) is 3.63. The molecule has 174 valence electrons. The van der Waals surface area contributed by atoms with Crippen LogP contribution >= 0.6 is 11.6 Å². The van der Waals surface area contributed by atoms with Crippen molar-refractivity contribution in [3.8, 4) is 5.75 Å². The smallest absolute Gasteiger partial charge is 0.243 e. The molecule has 0 saturated carbocycles. The number of ether oxygens (including phenoxy) is 1. The maximum atomic E-state index is 12.9. The van der Waals surface area contributed by atoms with Crippen molar-refractivity contribution in [2.45, 2.75) is 24.3 Å². The monoisotopic (exact) mass is 488 g/mol. The molecular weight excluding hydrogens is 464 g/mol. The minimum absolute atomic E-state index is 0.135. The van der Waals surface area contributed by atoms with Crippen LogP contribution in [0.3, 0.4) is 0 Å². The van der Waals surface area contributed by atoms with Gasteiger partial charge in [-0.25, -0.2) is 13.1 Å². The Kier molecular flexibility index (Phi) is 7.02. The van der Waals surface area contributed by atoms with E-state index < -0.39 is 10.0 Å². The Bertz CT molecular complexity index is 1220. The molecule has 1 aliphatic heterocycles. The summed E-state index contributed by atoms with van der Waals surface area (Å²) in [5.74, 6) is 0.776. The van der Waals surface area contributed by atoms with Crippen molar-refractivity contribution >= 4 is 33.3 Å². The Labute approximate surface area is 198 Å². The number of methoxy groups -OCH3 is 1. The maximum Gasteiger partial charge on any atom is 0.243 e. The molecule has 0 spiro atoms. The molecule has 0 aliphatic carbocycles. The number of nitrogens with zero attached hydrogens (tertiary/aromatic N) is 3. The van der Waals surface area contributed by atoms with Crippen LogP contribution in [0.25, 0.3) is 0 Å². The highest BCUT2D eigenvalue weighted by Crippen LogP contribution is 2.26. The number of aromatic nitrogens is 2. The number of nitrogens with one attached hydrogen (secondary N) is 1. The Hall–Kier alpha value is -2.88. The summed E-state index contributed by atoms with van der Waals surface area (Å²) in [5.41, 5.74) is 0.971. The highest BCUT2D eigenvalue weighted by Gasteiger charge is 2.32. The minimum atomic E-state index is -3.61. The van der Waals surface area contributed by atoms with E-state index in [2.05, 4.69) is 10.4 Å². The maximum absolute atomic E-state index is 12.9. The number of halogens is 1. The third-order valence-electron chi connectivity index (χ3n) is 5.71. The van der Waals surface area contributed by atoms with E-state index in [9.17, 15) is 13.2 Å². The summed E-state index contributed by atoms with van der Waals surface area (Å²) >= 11 is 6.06. The fourth-order valence-corrected chi connectivity index (χ4v) is 5.54. The van der Waals surface area contributed by atoms with Gasteiger partial charge in [0.15, 0.2) is 0 Å². The fraction of sp³-hybridized carbons (Fsp3) is 0.304. The van der Waals surface area contributed by atoms with Gasteiger partial charge in [-0.05, 0) is 54.8 Å². The summed E-state index contributed by atoms with van der Waals surface area (Å²) < 4.78 is 34.1. The van der Waals surface area contributed by atoms with Crippen molar-refractivity contribution in [1.29, 1.82) is 0 Å². The summed E-state index contributed by atoms with van der Waals surface area (Å²) in [7, 11) is -2.08. The lowest BCUT2D eigenvalue weighted by Gasteiger charge is -2.30. The first-order valence-corrected chi connectivity index (χ1v) is 12.4. The molecule has 2 aromatic carbocycles.